The highest BCUT2D eigenvalue weighted by molar-refractivity contribution is 5.86. The SMILES string of the molecule is C=CCN1CCCC12CCN(C(=O)Cc1noc3ccccc13)CC2. The fraction of sp³-hybridized carbons (Fsp3) is 0.500. The molecule has 0 N–H and O–H groups in total. The Balaban J connectivity index is 1.41. The second-order valence-corrected chi connectivity index (χ2v) is 7.25. The van der Waals surface area contributed by atoms with Gasteiger partial charge in [0.15, 0.2) is 5.58 Å². The Morgan fingerprint density at radius 2 is 2.04 bits per heavy atom. The van der Waals surface area contributed by atoms with Crippen LogP contribution >= 0.6 is 0 Å². The van der Waals surface area contributed by atoms with Crippen LogP contribution in [0.5, 0.6) is 0 Å². The van der Waals surface area contributed by atoms with Crippen LogP contribution in [0.15, 0.2) is 41.4 Å². The summed E-state index contributed by atoms with van der Waals surface area (Å²) in [6.45, 7) is 7.68. The quantitative estimate of drug-likeness (QED) is 0.804. The van der Waals surface area contributed by atoms with E-state index in [2.05, 4.69) is 16.6 Å². The molecular weight excluding hydrogens is 314 g/mol. The first-order chi connectivity index (χ1) is 12.2. The van der Waals surface area contributed by atoms with E-state index in [1.54, 1.807) is 0 Å². The molecule has 0 bridgehead atoms. The Morgan fingerprint density at radius 3 is 2.84 bits per heavy atom. The van der Waals surface area contributed by atoms with Gasteiger partial charge in [-0.25, -0.2) is 0 Å². The minimum Gasteiger partial charge on any atom is -0.356 e. The minimum atomic E-state index is 0.155. The first-order valence-corrected chi connectivity index (χ1v) is 9.19. The van der Waals surface area contributed by atoms with Crippen LogP contribution in [-0.4, -0.2) is 52.6 Å². The van der Waals surface area contributed by atoms with Crippen LogP contribution in [0, 0.1) is 0 Å². The summed E-state index contributed by atoms with van der Waals surface area (Å²) in [5.41, 5.74) is 1.77. The highest BCUT2D eigenvalue weighted by atomic mass is 16.5. The fourth-order valence-electron chi connectivity index (χ4n) is 4.49. The van der Waals surface area contributed by atoms with E-state index in [9.17, 15) is 4.79 Å². The van der Waals surface area contributed by atoms with Crippen molar-refractivity contribution in [2.24, 2.45) is 0 Å². The average molecular weight is 339 g/mol. The van der Waals surface area contributed by atoms with E-state index in [0.29, 0.717) is 6.42 Å². The summed E-state index contributed by atoms with van der Waals surface area (Å²) in [7, 11) is 0. The third-order valence-electron chi connectivity index (χ3n) is 5.91. The molecule has 0 atom stereocenters. The van der Waals surface area contributed by atoms with Crippen LogP contribution in [0.4, 0.5) is 0 Å². The van der Waals surface area contributed by atoms with Gasteiger partial charge < -0.3 is 9.42 Å². The summed E-state index contributed by atoms with van der Waals surface area (Å²) in [6, 6.07) is 7.72. The number of amides is 1. The number of hydrogen-bond acceptors (Lipinski definition) is 4. The van der Waals surface area contributed by atoms with Gasteiger partial charge in [0.1, 0.15) is 5.69 Å². The second-order valence-electron chi connectivity index (χ2n) is 7.25. The second kappa shape index (κ2) is 6.64. The van der Waals surface area contributed by atoms with E-state index in [1.807, 2.05) is 35.2 Å². The van der Waals surface area contributed by atoms with Gasteiger partial charge in [-0.1, -0.05) is 23.4 Å². The van der Waals surface area contributed by atoms with Gasteiger partial charge in [0.05, 0.1) is 6.42 Å². The van der Waals surface area contributed by atoms with E-state index >= 15 is 0 Å². The van der Waals surface area contributed by atoms with Gasteiger partial charge in [-0.15, -0.1) is 6.58 Å². The molecule has 3 heterocycles. The van der Waals surface area contributed by atoms with Gasteiger partial charge in [0.2, 0.25) is 5.91 Å². The lowest BCUT2D eigenvalue weighted by atomic mass is 9.84. The first kappa shape index (κ1) is 16.3. The molecule has 0 radical (unpaired) electrons. The van der Waals surface area contributed by atoms with Crippen molar-refractivity contribution in [3.63, 3.8) is 0 Å². The van der Waals surface area contributed by atoms with E-state index in [4.69, 9.17) is 4.52 Å². The lowest BCUT2D eigenvalue weighted by Crippen LogP contribution is -2.53. The smallest absolute Gasteiger partial charge is 0.228 e. The van der Waals surface area contributed by atoms with Crippen molar-refractivity contribution in [1.29, 1.82) is 0 Å². The lowest BCUT2D eigenvalue weighted by molar-refractivity contribution is -0.133. The molecule has 2 aliphatic rings. The number of benzene rings is 1. The largest absolute Gasteiger partial charge is 0.356 e. The summed E-state index contributed by atoms with van der Waals surface area (Å²) in [5, 5.41) is 5.04. The molecule has 5 nitrogen and oxygen atoms in total. The van der Waals surface area contributed by atoms with E-state index < -0.39 is 0 Å². The van der Waals surface area contributed by atoms with Gasteiger partial charge in [-0.2, -0.15) is 0 Å². The number of aromatic nitrogens is 1. The monoisotopic (exact) mass is 339 g/mol. The molecule has 2 saturated heterocycles. The molecule has 0 unspecified atom stereocenters. The van der Waals surface area contributed by atoms with Gasteiger partial charge in [-0.05, 0) is 44.4 Å². The molecule has 1 aromatic heterocycles. The Morgan fingerprint density at radius 1 is 1.24 bits per heavy atom. The van der Waals surface area contributed by atoms with Crippen molar-refractivity contribution in [2.45, 2.75) is 37.6 Å². The molecule has 1 aromatic carbocycles. The number of likely N-dealkylation sites (tertiary alicyclic amines) is 2. The predicted octanol–water partition coefficient (Wildman–Crippen LogP) is 3.01. The molecule has 2 aliphatic heterocycles. The fourth-order valence-corrected chi connectivity index (χ4v) is 4.49. The molecule has 25 heavy (non-hydrogen) atoms. The van der Waals surface area contributed by atoms with Crippen LogP contribution in [0.25, 0.3) is 11.0 Å². The van der Waals surface area contributed by atoms with E-state index in [1.165, 1.54) is 12.8 Å². The zero-order chi connectivity index (χ0) is 17.3. The third-order valence-corrected chi connectivity index (χ3v) is 5.91. The maximum atomic E-state index is 12.7. The summed E-state index contributed by atoms with van der Waals surface area (Å²) < 4.78 is 5.32. The third kappa shape index (κ3) is 2.97. The topological polar surface area (TPSA) is 49.6 Å². The molecule has 1 amide bonds. The normalized spacial score (nSPS) is 20.4. The zero-order valence-corrected chi connectivity index (χ0v) is 14.6. The van der Waals surface area contributed by atoms with Crippen molar-refractivity contribution < 1.29 is 9.32 Å². The van der Waals surface area contributed by atoms with Crippen LogP contribution in [-0.2, 0) is 11.2 Å². The Kier molecular flexibility index (Phi) is 4.34. The van der Waals surface area contributed by atoms with Crippen molar-refractivity contribution in [3.05, 3.63) is 42.6 Å². The lowest BCUT2D eigenvalue weighted by Gasteiger charge is -2.44. The summed E-state index contributed by atoms with van der Waals surface area (Å²) in [4.78, 5) is 17.3. The predicted molar refractivity (Wildman–Crippen MR) is 97.3 cm³/mol. The van der Waals surface area contributed by atoms with Crippen LogP contribution in [0.3, 0.4) is 0 Å². The number of hydrogen-bond donors (Lipinski definition) is 0. The van der Waals surface area contributed by atoms with Crippen molar-refractivity contribution in [3.8, 4) is 0 Å². The number of carbonyl (C=O) groups excluding carboxylic acids is 1. The molecule has 132 valence electrons. The number of para-hydroxylation sites is 1. The van der Waals surface area contributed by atoms with Crippen molar-refractivity contribution >= 4 is 16.9 Å². The molecule has 4 rings (SSSR count). The maximum Gasteiger partial charge on any atom is 0.228 e. The molecule has 0 aliphatic carbocycles. The van der Waals surface area contributed by atoms with Gasteiger partial charge in [0.25, 0.3) is 0 Å². The molecule has 2 aromatic rings. The number of piperidine rings is 1. The van der Waals surface area contributed by atoms with Crippen molar-refractivity contribution in [1.82, 2.24) is 15.0 Å². The number of fused-ring (bicyclic) bond motifs is 1. The Hall–Kier alpha value is -2.14. The van der Waals surface area contributed by atoms with Crippen LogP contribution in [0.1, 0.15) is 31.4 Å². The molecular formula is C20H25N3O2. The van der Waals surface area contributed by atoms with E-state index in [0.717, 1.165) is 55.7 Å². The van der Waals surface area contributed by atoms with Crippen molar-refractivity contribution in [2.75, 3.05) is 26.2 Å². The highest BCUT2D eigenvalue weighted by Gasteiger charge is 2.43. The standard InChI is InChI=1S/C20H25N3O2/c1-2-11-23-12-5-8-20(23)9-13-22(14-10-20)19(24)15-17-16-6-3-4-7-18(16)25-21-17/h2-4,6-7H,1,5,8-15H2. The van der Waals surface area contributed by atoms with Crippen LogP contribution < -0.4 is 0 Å². The van der Waals surface area contributed by atoms with Gasteiger partial charge in [0, 0.05) is 30.6 Å². The molecule has 1 spiro atoms. The molecule has 5 heteroatoms. The first-order valence-electron chi connectivity index (χ1n) is 9.19. The maximum absolute atomic E-state index is 12.7. The molecule has 0 saturated carbocycles. The van der Waals surface area contributed by atoms with Gasteiger partial charge >= 0.3 is 0 Å². The summed E-state index contributed by atoms with van der Waals surface area (Å²) >= 11 is 0. The highest BCUT2D eigenvalue weighted by Crippen LogP contribution is 2.38. The average Bonchev–Trinajstić information content (AvgIpc) is 3.21. The molecule has 2 fully saturated rings. The number of rotatable bonds is 4. The van der Waals surface area contributed by atoms with Gasteiger partial charge in [-0.3, -0.25) is 9.69 Å². The minimum absolute atomic E-state index is 0.155. The number of carbonyl (C=O) groups is 1. The Bertz CT molecular complexity index is 774. The van der Waals surface area contributed by atoms with E-state index in [-0.39, 0.29) is 11.4 Å². The van der Waals surface area contributed by atoms with Crippen LogP contribution in [0.2, 0.25) is 0 Å². The number of nitrogens with zero attached hydrogens (tertiary/aromatic N) is 3. The summed E-state index contributed by atoms with van der Waals surface area (Å²) in [5.74, 6) is 0.155. The summed E-state index contributed by atoms with van der Waals surface area (Å²) in [6.07, 6.45) is 6.95. The Labute approximate surface area is 148 Å². The zero-order valence-electron chi connectivity index (χ0n) is 14.6.